The molecule has 0 heterocycles. The van der Waals surface area contributed by atoms with Gasteiger partial charge < -0.3 is 4.74 Å². The Morgan fingerprint density at radius 2 is 2.06 bits per heavy atom. The van der Waals surface area contributed by atoms with Crippen molar-refractivity contribution in [1.29, 1.82) is 0 Å². The summed E-state index contributed by atoms with van der Waals surface area (Å²) in [6.45, 7) is 4.20. The van der Waals surface area contributed by atoms with Gasteiger partial charge in [0.15, 0.2) is 5.75 Å². The van der Waals surface area contributed by atoms with Crippen molar-refractivity contribution in [3.63, 3.8) is 0 Å². The molecule has 0 N–H and O–H groups in total. The van der Waals surface area contributed by atoms with Gasteiger partial charge in [-0.3, -0.25) is 0 Å². The normalized spacial score (nSPS) is 11.4. The Hall–Kier alpha value is -1.06. The molecule has 1 aromatic rings. The largest absolute Gasteiger partial charge is 0.487 e. The Bertz CT molecular complexity index is 416. The van der Waals surface area contributed by atoms with Gasteiger partial charge in [-0.25, -0.2) is 9.28 Å². The van der Waals surface area contributed by atoms with E-state index in [1.165, 1.54) is 0 Å². The van der Waals surface area contributed by atoms with E-state index in [0.29, 0.717) is 17.4 Å². The molecule has 0 unspecified atom stereocenters. The highest BCUT2D eigenvalue weighted by Gasteiger charge is 2.31. The number of halogens is 1. The Morgan fingerprint density at radius 3 is 2.59 bits per heavy atom. The van der Waals surface area contributed by atoms with Crippen molar-refractivity contribution in [3.8, 4) is 5.75 Å². The monoisotopic (exact) mass is 256 g/mol. The maximum atomic E-state index is 11.7. The third-order valence-corrected chi connectivity index (χ3v) is 3.06. The van der Waals surface area contributed by atoms with Gasteiger partial charge in [0.1, 0.15) is 5.02 Å². The number of rotatable bonds is 4. The van der Waals surface area contributed by atoms with Crippen LogP contribution in [0.1, 0.15) is 20.3 Å². The van der Waals surface area contributed by atoms with Crippen molar-refractivity contribution in [1.82, 2.24) is 4.48 Å². The number of benzene rings is 1. The molecule has 0 spiro atoms. The zero-order valence-electron chi connectivity index (χ0n) is 10.8. The number of quaternary nitrogens is 1. The lowest BCUT2D eigenvalue weighted by molar-refractivity contribution is -0.125. The average Bonchev–Trinajstić information content (AvgIpc) is 2.25. The molecule has 0 atom stereocenters. The Morgan fingerprint density at radius 1 is 1.41 bits per heavy atom. The molecule has 0 aliphatic rings. The fourth-order valence-electron chi connectivity index (χ4n) is 1.52. The van der Waals surface area contributed by atoms with E-state index >= 15 is 0 Å². The summed E-state index contributed by atoms with van der Waals surface area (Å²) in [5, 5.41) is 0.554. The number of para-hydroxylation sites is 1. The van der Waals surface area contributed by atoms with Gasteiger partial charge in [0, 0.05) is 0 Å². The molecule has 0 radical (unpaired) electrons. The molecule has 0 aromatic heterocycles. The highest BCUT2D eigenvalue weighted by molar-refractivity contribution is 6.33. The van der Waals surface area contributed by atoms with Crippen molar-refractivity contribution in [3.05, 3.63) is 23.2 Å². The molecule has 1 rings (SSSR count). The molecular formula is C13H19ClNO2+. The molecule has 0 fully saturated rings. The molecule has 0 saturated carbocycles. The Kier molecular flexibility index (Phi) is 4.54. The zero-order valence-corrected chi connectivity index (χ0v) is 11.5. The molecule has 0 bridgehead atoms. The van der Waals surface area contributed by atoms with E-state index in [2.05, 4.69) is 0 Å². The van der Waals surface area contributed by atoms with Crippen LogP contribution in [0.5, 0.6) is 5.75 Å². The number of nitrogens with zero attached hydrogens (tertiary/aromatic N) is 1. The topological polar surface area (TPSA) is 26.3 Å². The van der Waals surface area contributed by atoms with E-state index in [9.17, 15) is 4.79 Å². The molecule has 94 valence electrons. The van der Waals surface area contributed by atoms with Crippen molar-refractivity contribution in [2.45, 2.75) is 20.3 Å². The van der Waals surface area contributed by atoms with Crippen LogP contribution in [0.25, 0.3) is 0 Å². The molecule has 4 heteroatoms. The predicted octanol–water partition coefficient (Wildman–Crippen LogP) is 3.24. The first-order chi connectivity index (χ1) is 7.91. The highest BCUT2D eigenvalue weighted by Crippen LogP contribution is 2.38. The van der Waals surface area contributed by atoms with Crippen LogP contribution in [-0.2, 0) is 4.79 Å². The smallest absolute Gasteiger partial charge is 0.315 e. The van der Waals surface area contributed by atoms with Crippen molar-refractivity contribution < 1.29 is 9.53 Å². The van der Waals surface area contributed by atoms with Gasteiger partial charge in [-0.2, -0.15) is 0 Å². The number of hydrogen-bond donors (Lipinski definition) is 0. The van der Waals surface area contributed by atoms with Crippen LogP contribution in [0.15, 0.2) is 18.2 Å². The second-order valence-electron chi connectivity index (χ2n) is 4.41. The number of carbonyl (C=O) groups is 1. The number of carbonyl (C=O) groups excluding carboxylic acids is 1. The van der Waals surface area contributed by atoms with Gasteiger partial charge in [0.2, 0.25) is 5.69 Å². The summed E-state index contributed by atoms with van der Waals surface area (Å²) in [7, 11) is 3.62. The van der Waals surface area contributed by atoms with Crippen LogP contribution in [0, 0.1) is 0 Å². The van der Waals surface area contributed by atoms with Crippen LogP contribution in [-0.4, -0.2) is 26.6 Å². The van der Waals surface area contributed by atoms with Crippen molar-refractivity contribution in [2.75, 3.05) is 20.7 Å². The number of hydrogen-bond acceptors (Lipinski definition) is 2. The SMILES string of the molecule is CCCOc1cccc(Cl)c1[N+](C)(C)C(C)=O. The molecule has 0 aliphatic carbocycles. The van der Waals surface area contributed by atoms with E-state index in [4.69, 9.17) is 16.3 Å². The third kappa shape index (κ3) is 2.99. The fourth-order valence-corrected chi connectivity index (χ4v) is 1.90. The van der Waals surface area contributed by atoms with E-state index in [0.717, 1.165) is 12.1 Å². The molecular weight excluding hydrogens is 238 g/mol. The minimum Gasteiger partial charge on any atom is -0.487 e. The van der Waals surface area contributed by atoms with E-state index < -0.39 is 0 Å². The summed E-state index contributed by atoms with van der Waals surface area (Å²) < 4.78 is 5.73. The molecule has 17 heavy (non-hydrogen) atoms. The maximum Gasteiger partial charge on any atom is 0.315 e. The quantitative estimate of drug-likeness (QED) is 0.773. The summed E-state index contributed by atoms with van der Waals surface area (Å²) in [6, 6.07) is 5.45. The van der Waals surface area contributed by atoms with Crippen LogP contribution in [0.3, 0.4) is 0 Å². The molecule has 3 nitrogen and oxygen atoms in total. The second kappa shape index (κ2) is 5.52. The number of ether oxygens (including phenoxy) is 1. The lowest BCUT2D eigenvalue weighted by Gasteiger charge is -2.27. The van der Waals surface area contributed by atoms with Gasteiger partial charge in [0.25, 0.3) is 0 Å². The van der Waals surface area contributed by atoms with E-state index in [1.807, 2.05) is 33.2 Å². The second-order valence-corrected chi connectivity index (χ2v) is 4.81. The third-order valence-electron chi connectivity index (χ3n) is 2.76. The van der Waals surface area contributed by atoms with Crippen LogP contribution < -0.4 is 9.22 Å². The minimum atomic E-state index is 0.0134. The summed E-state index contributed by atoms with van der Waals surface area (Å²) in [5.74, 6) is 0.694. The lowest BCUT2D eigenvalue weighted by Crippen LogP contribution is -2.45. The van der Waals surface area contributed by atoms with Gasteiger partial charge in [-0.15, -0.1) is 0 Å². The zero-order chi connectivity index (χ0) is 13.1. The minimum absolute atomic E-state index is 0.0134. The predicted molar refractivity (Wildman–Crippen MR) is 71.6 cm³/mol. The molecule has 0 aliphatic heterocycles. The molecule has 0 saturated heterocycles. The summed E-state index contributed by atoms with van der Waals surface area (Å²) >= 11 is 6.19. The van der Waals surface area contributed by atoms with Gasteiger partial charge in [0.05, 0.1) is 27.6 Å². The highest BCUT2D eigenvalue weighted by atomic mass is 35.5. The Labute approximate surface area is 108 Å². The number of amides is 1. The maximum absolute atomic E-state index is 11.7. The summed E-state index contributed by atoms with van der Waals surface area (Å²) in [6.07, 6.45) is 0.916. The fraction of sp³-hybridized carbons (Fsp3) is 0.462. The van der Waals surface area contributed by atoms with Crippen molar-refractivity contribution >= 4 is 23.2 Å². The standard InChI is InChI=1S/C13H19ClNO2/c1-5-9-17-12-8-6-7-11(14)13(12)15(3,4)10(2)16/h6-8H,5,9H2,1-4H3/q+1. The van der Waals surface area contributed by atoms with Crippen LogP contribution >= 0.6 is 11.6 Å². The molecule has 1 aromatic carbocycles. The first-order valence-corrected chi connectivity index (χ1v) is 6.06. The van der Waals surface area contributed by atoms with Crippen LogP contribution in [0.2, 0.25) is 5.02 Å². The van der Waals surface area contributed by atoms with Gasteiger partial charge in [-0.05, 0) is 18.6 Å². The summed E-state index contributed by atoms with van der Waals surface area (Å²) in [5.41, 5.74) is 0.718. The van der Waals surface area contributed by atoms with E-state index in [-0.39, 0.29) is 10.4 Å². The summed E-state index contributed by atoms with van der Waals surface area (Å²) in [4.78, 5) is 11.7. The van der Waals surface area contributed by atoms with Crippen LogP contribution in [0.4, 0.5) is 5.69 Å². The van der Waals surface area contributed by atoms with E-state index in [1.54, 1.807) is 13.0 Å². The van der Waals surface area contributed by atoms with Gasteiger partial charge in [-0.1, -0.05) is 24.6 Å². The molecule has 1 amide bonds. The van der Waals surface area contributed by atoms with Crippen molar-refractivity contribution in [2.24, 2.45) is 0 Å². The first-order valence-electron chi connectivity index (χ1n) is 5.68. The average molecular weight is 257 g/mol. The van der Waals surface area contributed by atoms with Gasteiger partial charge >= 0.3 is 5.91 Å². The first kappa shape index (κ1) is 14.0. The Balaban J connectivity index is 3.24. The lowest BCUT2D eigenvalue weighted by atomic mass is 10.2.